The predicted octanol–water partition coefficient (Wildman–Crippen LogP) is 2.58. The van der Waals surface area contributed by atoms with Crippen LogP contribution in [-0.2, 0) is 9.47 Å². The number of ether oxygens (including phenoxy) is 2. The van der Waals surface area contributed by atoms with Crippen LogP contribution in [0.15, 0.2) is 4.99 Å². The molecule has 1 rings (SSSR count). The molecule has 0 amide bonds. The van der Waals surface area contributed by atoms with Crippen molar-refractivity contribution in [1.82, 2.24) is 15.5 Å². The third-order valence-corrected chi connectivity index (χ3v) is 4.27. The molecule has 0 aliphatic carbocycles. The van der Waals surface area contributed by atoms with Crippen molar-refractivity contribution in [1.29, 1.82) is 0 Å². The molecule has 0 spiro atoms. The first-order valence-electron chi connectivity index (χ1n) is 9.96. The summed E-state index contributed by atoms with van der Waals surface area (Å²) in [6.07, 6.45) is 3.57. The Bertz CT molecular complexity index is 356. The summed E-state index contributed by atoms with van der Waals surface area (Å²) in [6, 6.07) is 0. The fourth-order valence-electron chi connectivity index (χ4n) is 3.17. The Labute approximate surface area is 177 Å². The van der Waals surface area contributed by atoms with Crippen molar-refractivity contribution in [2.45, 2.75) is 40.0 Å². The summed E-state index contributed by atoms with van der Waals surface area (Å²) in [5.41, 5.74) is 0. The Morgan fingerprint density at radius 2 is 2.04 bits per heavy atom. The van der Waals surface area contributed by atoms with Gasteiger partial charge in [0, 0.05) is 46.4 Å². The van der Waals surface area contributed by atoms with Crippen LogP contribution in [0.3, 0.4) is 0 Å². The zero-order chi connectivity index (χ0) is 18.3. The van der Waals surface area contributed by atoms with Gasteiger partial charge in [-0.3, -0.25) is 4.99 Å². The highest BCUT2D eigenvalue weighted by atomic mass is 127. The first-order valence-corrected chi connectivity index (χ1v) is 9.96. The van der Waals surface area contributed by atoms with Crippen LogP contribution >= 0.6 is 24.0 Å². The van der Waals surface area contributed by atoms with Gasteiger partial charge in [0.2, 0.25) is 0 Å². The van der Waals surface area contributed by atoms with E-state index >= 15 is 0 Å². The van der Waals surface area contributed by atoms with Crippen molar-refractivity contribution in [2.24, 2.45) is 16.8 Å². The molecule has 1 aliphatic rings. The van der Waals surface area contributed by atoms with E-state index in [1.54, 1.807) is 7.11 Å². The number of methoxy groups -OCH3 is 1. The highest BCUT2D eigenvalue weighted by Gasteiger charge is 2.20. The van der Waals surface area contributed by atoms with Crippen LogP contribution in [0, 0.1) is 11.8 Å². The molecule has 2 N–H and O–H groups in total. The molecule has 0 radical (unpaired) electrons. The maximum absolute atomic E-state index is 5.48. The predicted molar refractivity (Wildman–Crippen MR) is 121 cm³/mol. The molecule has 0 bridgehead atoms. The number of nitrogens with zero attached hydrogens (tertiary/aromatic N) is 2. The lowest BCUT2D eigenvalue weighted by atomic mass is 9.97. The van der Waals surface area contributed by atoms with Crippen LogP contribution in [-0.4, -0.2) is 77.1 Å². The summed E-state index contributed by atoms with van der Waals surface area (Å²) in [5.74, 6) is 2.35. The van der Waals surface area contributed by atoms with Crippen molar-refractivity contribution in [3.05, 3.63) is 0 Å². The van der Waals surface area contributed by atoms with Gasteiger partial charge in [-0.05, 0) is 44.6 Å². The zero-order valence-electron chi connectivity index (χ0n) is 17.3. The lowest BCUT2D eigenvalue weighted by Crippen LogP contribution is -2.41. The number of hydrogen-bond donors (Lipinski definition) is 2. The minimum absolute atomic E-state index is 0. The van der Waals surface area contributed by atoms with Crippen LogP contribution < -0.4 is 10.6 Å². The van der Waals surface area contributed by atoms with Crippen LogP contribution in [0.25, 0.3) is 0 Å². The van der Waals surface area contributed by atoms with E-state index < -0.39 is 0 Å². The zero-order valence-corrected chi connectivity index (χ0v) is 19.6. The first kappa shape index (κ1) is 25.9. The van der Waals surface area contributed by atoms with Crippen molar-refractivity contribution in [3.8, 4) is 0 Å². The van der Waals surface area contributed by atoms with Crippen LogP contribution in [0.1, 0.15) is 40.0 Å². The van der Waals surface area contributed by atoms with E-state index in [1.165, 1.54) is 32.5 Å². The molecule has 0 aromatic carbocycles. The van der Waals surface area contributed by atoms with Crippen LogP contribution in [0.2, 0.25) is 0 Å². The van der Waals surface area contributed by atoms with E-state index in [2.05, 4.69) is 36.3 Å². The molecule has 1 fully saturated rings. The Kier molecular flexibility index (Phi) is 16.9. The van der Waals surface area contributed by atoms with Crippen molar-refractivity contribution >= 4 is 29.9 Å². The summed E-state index contributed by atoms with van der Waals surface area (Å²) < 4.78 is 10.4. The topological polar surface area (TPSA) is 58.1 Å². The Morgan fingerprint density at radius 3 is 2.73 bits per heavy atom. The van der Waals surface area contributed by atoms with E-state index in [4.69, 9.17) is 14.5 Å². The molecule has 1 aliphatic heterocycles. The van der Waals surface area contributed by atoms with Crippen molar-refractivity contribution in [2.75, 3.05) is 66.2 Å². The van der Waals surface area contributed by atoms with E-state index in [-0.39, 0.29) is 24.0 Å². The SMILES string of the molecule is CCNC(=NCC1CCCN(CC(C)C)C1)NCCCOCCOC.I. The molecule has 6 nitrogen and oxygen atoms in total. The van der Waals surface area contributed by atoms with E-state index in [0.29, 0.717) is 19.1 Å². The van der Waals surface area contributed by atoms with Gasteiger partial charge in [-0.1, -0.05) is 13.8 Å². The van der Waals surface area contributed by atoms with Gasteiger partial charge in [0.05, 0.1) is 13.2 Å². The van der Waals surface area contributed by atoms with Gasteiger partial charge in [-0.25, -0.2) is 0 Å². The number of piperidine rings is 1. The average Bonchev–Trinajstić information content (AvgIpc) is 2.58. The fourth-order valence-corrected chi connectivity index (χ4v) is 3.17. The largest absolute Gasteiger partial charge is 0.382 e. The molecule has 156 valence electrons. The molecule has 1 unspecified atom stereocenters. The number of rotatable bonds is 12. The van der Waals surface area contributed by atoms with Gasteiger partial charge in [0.15, 0.2) is 5.96 Å². The van der Waals surface area contributed by atoms with Gasteiger partial charge in [-0.15, -0.1) is 24.0 Å². The quantitative estimate of drug-likeness (QED) is 0.193. The van der Waals surface area contributed by atoms with E-state index in [0.717, 1.165) is 44.5 Å². The minimum atomic E-state index is 0. The highest BCUT2D eigenvalue weighted by molar-refractivity contribution is 14.0. The molecular formula is C19H41IN4O2. The summed E-state index contributed by atoms with van der Waals surface area (Å²) in [5, 5.41) is 6.75. The van der Waals surface area contributed by atoms with Crippen LogP contribution in [0.4, 0.5) is 0 Å². The number of nitrogens with one attached hydrogen (secondary N) is 2. The average molecular weight is 484 g/mol. The Balaban J connectivity index is 0.00000625. The minimum Gasteiger partial charge on any atom is -0.382 e. The normalized spacial score (nSPS) is 18.7. The molecule has 0 aromatic rings. The summed E-state index contributed by atoms with van der Waals surface area (Å²) in [7, 11) is 1.69. The number of halogens is 1. The molecule has 7 heteroatoms. The Hall–Kier alpha value is -0.120. The maximum Gasteiger partial charge on any atom is 0.191 e. The number of aliphatic imine (C=N–C) groups is 1. The molecule has 0 saturated carbocycles. The van der Waals surface area contributed by atoms with Crippen molar-refractivity contribution < 1.29 is 9.47 Å². The van der Waals surface area contributed by atoms with Crippen LogP contribution in [0.5, 0.6) is 0 Å². The monoisotopic (exact) mass is 484 g/mol. The van der Waals surface area contributed by atoms with E-state index in [1.807, 2.05) is 0 Å². The van der Waals surface area contributed by atoms with E-state index in [9.17, 15) is 0 Å². The molecule has 26 heavy (non-hydrogen) atoms. The Morgan fingerprint density at radius 1 is 1.23 bits per heavy atom. The van der Waals surface area contributed by atoms with Gasteiger partial charge in [0.25, 0.3) is 0 Å². The summed E-state index contributed by atoms with van der Waals surface area (Å²) in [4.78, 5) is 7.41. The van der Waals surface area contributed by atoms with Gasteiger partial charge < -0.3 is 25.0 Å². The number of guanidine groups is 1. The second-order valence-corrected chi connectivity index (χ2v) is 7.27. The molecule has 1 saturated heterocycles. The lowest BCUT2D eigenvalue weighted by molar-refractivity contribution is 0.0698. The molecule has 1 heterocycles. The summed E-state index contributed by atoms with van der Waals surface area (Å²) >= 11 is 0. The highest BCUT2D eigenvalue weighted by Crippen LogP contribution is 2.17. The number of hydrogen-bond acceptors (Lipinski definition) is 4. The fraction of sp³-hybridized carbons (Fsp3) is 0.947. The lowest BCUT2D eigenvalue weighted by Gasteiger charge is -2.33. The summed E-state index contributed by atoms with van der Waals surface area (Å²) in [6.45, 7) is 15.1. The molecule has 0 aromatic heterocycles. The molecule has 1 atom stereocenters. The third-order valence-electron chi connectivity index (χ3n) is 4.27. The van der Waals surface area contributed by atoms with Gasteiger partial charge in [-0.2, -0.15) is 0 Å². The van der Waals surface area contributed by atoms with Gasteiger partial charge in [0.1, 0.15) is 0 Å². The number of likely N-dealkylation sites (tertiary alicyclic amines) is 1. The second kappa shape index (κ2) is 17.0. The smallest absolute Gasteiger partial charge is 0.191 e. The molecular weight excluding hydrogens is 443 g/mol. The van der Waals surface area contributed by atoms with Crippen molar-refractivity contribution in [3.63, 3.8) is 0 Å². The standard InChI is InChI=1S/C19H40N4O2.HI/c1-5-20-19(21-9-7-11-25-13-12-24-4)22-14-18-8-6-10-23(16-18)15-17(2)3;/h17-18H,5-16H2,1-4H3,(H2,20,21,22);1H. The van der Waals surface area contributed by atoms with Gasteiger partial charge >= 0.3 is 0 Å². The third kappa shape index (κ3) is 13.1. The first-order chi connectivity index (χ1) is 12.2. The maximum atomic E-state index is 5.48. The second-order valence-electron chi connectivity index (χ2n) is 7.27.